The number of anilines is 1. The molecule has 1 aliphatic rings. The van der Waals surface area contributed by atoms with Gasteiger partial charge in [0.15, 0.2) is 10.8 Å². The summed E-state index contributed by atoms with van der Waals surface area (Å²) in [6.45, 7) is 0.784. The van der Waals surface area contributed by atoms with Gasteiger partial charge in [-0.25, -0.2) is 4.98 Å². The lowest BCUT2D eigenvalue weighted by atomic mass is 10.3. The van der Waals surface area contributed by atoms with Gasteiger partial charge in [0, 0.05) is 29.5 Å². The molecule has 0 N–H and O–H groups in total. The van der Waals surface area contributed by atoms with Crippen LogP contribution in [0.5, 0.6) is 0 Å². The van der Waals surface area contributed by atoms with Gasteiger partial charge in [-0.2, -0.15) is 5.26 Å². The van der Waals surface area contributed by atoms with E-state index in [1.165, 1.54) is 18.5 Å². The third-order valence-electron chi connectivity index (χ3n) is 3.19. The number of aromatic nitrogens is 2. The molecule has 0 unspecified atom stereocenters. The Kier molecular flexibility index (Phi) is 3.27. The average Bonchev–Trinajstić information content (AvgIpc) is 3.00. The third kappa shape index (κ3) is 2.02. The zero-order valence-electron chi connectivity index (χ0n) is 9.84. The molecule has 0 radical (unpaired) electrons. The first-order valence-corrected chi connectivity index (χ1v) is 7.99. The van der Waals surface area contributed by atoms with Crippen molar-refractivity contribution in [2.24, 2.45) is 0 Å². The summed E-state index contributed by atoms with van der Waals surface area (Å²) in [4.78, 5) is 8.06. The molecule has 0 aliphatic heterocycles. The van der Waals surface area contributed by atoms with E-state index in [2.05, 4.69) is 42.9 Å². The first-order chi connectivity index (χ1) is 8.85. The molecular weight excluding hydrogens is 312 g/mol. The number of nitrogens with zero attached hydrogens (tertiary/aromatic N) is 4. The van der Waals surface area contributed by atoms with E-state index < -0.39 is 0 Å². The molecule has 4 nitrogen and oxygen atoms in total. The van der Waals surface area contributed by atoms with Crippen LogP contribution >= 0.6 is 27.3 Å². The topological polar surface area (TPSA) is 44.3 Å². The van der Waals surface area contributed by atoms with Crippen LogP contribution in [0.15, 0.2) is 11.6 Å². The van der Waals surface area contributed by atoms with Gasteiger partial charge in [-0.15, -0.1) is 11.3 Å². The molecule has 1 saturated carbocycles. The van der Waals surface area contributed by atoms with Crippen molar-refractivity contribution in [1.29, 1.82) is 5.26 Å². The molecular formula is C12H13BrN4S. The minimum atomic E-state index is 0.559. The van der Waals surface area contributed by atoms with E-state index in [4.69, 9.17) is 10.2 Å². The maximum Gasteiger partial charge on any atom is 0.195 e. The highest BCUT2D eigenvalue weighted by molar-refractivity contribution is 9.08. The number of hydrogen-bond acceptors (Lipinski definition) is 4. The standard InChI is InChI=1S/C12H13BrN4S/c13-8-10-11(15-12-17(10)6-7-18-12)16(5-1-4-14)9-2-3-9/h6-7,9H,1-3,5,8H2. The number of fused-ring (bicyclic) bond motifs is 1. The molecule has 2 aromatic rings. The predicted molar refractivity (Wildman–Crippen MR) is 76.3 cm³/mol. The van der Waals surface area contributed by atoms with Gasteiger partial charge in [0.25, 0.3) is 0 Å². The van der Waals surface area contributed by atoms with Crippen molar-refractivity contribution < 1.29 is 0 Å². The largest absolute Gasteiger partial charge is 0.351 e. The Labute approximate surface area is 118 Å². The van der Waals surface area contributed by atoms with E-state index in [-0.39, 0.29) is 0 Å². The molecule has 1 aliphatic carbocycles. The number of thiazole rings is 1. The summed E-state index contributed by atoms with van der Waals surface area (Å²) < 4.78 is 2.14. The van der Waals surface area contributed by atoms with Gasteiger partial charge < -0.3 is 4.90 Å². The van der Waals surface area contributed by atoms with Gasteiger partial charge in [0.2, 0.25) is 0 Å². The number of alkyl halides is 1. The lowest BCUT2D eigenvalue weighted by Crippen LogP contribution is -2.28. The van der Waals surface area contributed by atoms with Crippen molar-refractivity contribution in [2.75, 3.05) is 11.4 Å². The third-order valence-corrected chi connectivity index (χ3v) is 4.48. The molecule has 0 bridgehead atoms. The Morgan fingerprint density at radius 1 is 1.61 bits per heavy atom. The Morgan fingerprint density at radius 2 is 2.44 bits per heavy atom. The minimum Gasteiger partial charge on any atom is -0.351 e. The summed E-state index contributed by atoms with van der Waals surface area (Å²) in [5, 5.41) is 11.6. The fraction of sp³-hybridized carbons (Fsp3) is 0.500. The maximum atomic E-state index is 8.78. The van der Waals surface area contributed by atoms with Crippen LogP contribution in [0.3, 0.4) is 0 Å². The molecule has 0 atom stereocenters. The second-order valence-electron chi connectivity index (χ2n) is 4.40. The van der Waals surface area contributed by atoms with Crippen LogP contribution in [0.2, 0.25) is 0 Å². The first kappa shape index (κ1) is 12.0. The summed E-state index contributed by atoms with van der Waals surface area (Å²) in [6.07, 6.45) is 5.06. The van der Waals surface area contributed by atoms with E-state index in [1.807, 2.05) is 0 Å². The second kappa shape index (κ2) is 4.90. The fourth-order valence-corrected chi connectivity index (χ4v) is 3.44. The molecule has 3 rings (SSSR count). The minimum absolute atomic E-state index is 0.559. The van der Waals surface area contributed by atoms with Crippen LogP contribution in [0.1, 0.15) is 25.0 Å². The van der Waals surface area contributed by atoms with Crippen LogP contribution in [0.25, 0.3) is 4.96 Å². The molecule has 2 heterocycles. The highest BCUT2D eigenvalue weighted by Gasteiger charge is 2.32. The SMILES string of the molecule is N#CCCN(c1nc2sccn2c1CBr)C1CC1. The summed E-state index contributed by atoms with van der Waals surface area (Å²) in [5.74, 6) is 1.05. The molecule has 0 amide bonds. The van der Waals surface area contributed by atoms with E-state index in [0.717, 1.165) is 22.7 Å². The van der Waals surface area contributed by atoms with E-state index in [0.29, 0.717) is 12.5 Å². The maximum absolute atomic E-state index is 8.78. The predicted octanol–water partition coefficient (Wildman–Crippen LogP) is 3.17. The van der Waals surface area contributed by atoms with Crippen LogP contribution < -0.4 is 4.90 Å². The molecule has 0 saturated heterocycles. The van der Waals surface area contributed by atoms with Crippen molar-refractivity contribution in [1.82, 2.24) is 9.38 Å². The lowest BCUT2D eigenvalue weighted by molar-refractivity contribution is 0.777. The second-order valence-corrected chi connectivity index (χ2v) is 5.84. The Morgan fingerprint density at radius 3 is 3.11 bits per heavy atom. The van der Waals surface area contributed by atoms with Gasteiger partial charge >= 0.3 is 0 Å². The molecule has 0 spiro atoms. The van der Waals surface area contributed by atoms with Crippen molar-refractivity contribution in [2.45, 2.75) is 30.6 Å². The highest BCUT2D eigenvalue weighted by Crippen LogP contribution is 2.35. The van der Waals surface area contributed by atoms with Gasteiger partial charge in [0.05, 0.1) is 18.2 Å². The van der Waals surface area contributed by atoms with Crippen LogP contribution in [-0.2, 0) is 5.33 Å². The van der Waals surface area contributed by atoms with E-state index >= 15 is 0 Å². The van der Waals surface area contributed by atoms with E-state index in [1.54, 1.807) is 11.3 Å². The number of imidazole rings is 1. The monoisotopic (exact) mass is 324 g/mol. The quantitative estimate of drug-likeness (QED) is 0.793. The molecule has 1 fully saturated rings. The smallest absolute Gasteiger partial charge is 0.195 e. The van der Waals surface area contributed by atoms with Crippen LogP contribution in [0.4, 0.5) is 5.82 Å². The highest BCUT2D eigenvalue weighted by atomic mass is 79.9. The number of halogens is 1. The van der Waals surface area contributed by atoms with Crippen molar-refractivity contribution in [3.8, 4) is 6.07 Å². The lowest BCUT2D eigenvalue weighted by Gasteiger charge is -2.21. The van der Waals surface area contributed by atoms with E-state index in [9.17, 15) is 0 Å². The first-order valence-electron chi connectivity index (χ1n) is 5.99. The molecule has 18 heavy (non-hydrogen) atoms. The van der Waals surface area contributed by atoms with Crippen molar-refractivity contribution in [3.63, 3.8) is 0 Å². The number of rotatable bonds is 5. The normalized spacial score (nSPS) is 14.9. The van der Waals surface area contributed by atoms with Gasteiger partial charge in [-0.3, -0.25) is 4.40 Å². The fourth-order valence-electron chi connectivity index (χ4n) is 2.19. The van der Waals surface area contributed by atoms with Gasteiger partial charge in [0.1, 0.15) is 0 Å². The zero-order chi connectivity index (χ0) is 12.5. The van der Waals surface area contributed by atoms with Crippen molar-refractivity contribution >= 4 is 38.0 Å². The van der Waals surface area contributed by atoms with Gasteiger partial charge in [-0.05, 0) is 12.8 Å². The Balaban J connectivity index is 1.99. The van der Waals surface area contributed by atoms with Crippen LogP contribution in [0, 0.1) is 11.3 Å². The molecule has 2 aromatic heterocycles. The number of hydrogen-bond donors (Lipinski definition) is 0. The van der Waals surface area contributed by atoms with Crippen molar-refractivity contribution in [3.05, 3.63) is 17.3 Å². The molecule has 94 valence electrons. The zero-order valence-corrected chi connectivity index (χ0v) is 12.2. The number of nitriles is 1. The summed E-state index contributed by atoms with van der Waals surface area (Å²) >= 11 is 5.20. The summed E-state index contributed by atoms with van der Waals surface area (Å²) in [5.41, 5.74) is 1.19. The summed E-state index contributed by atoms with van der Waals surface area (Å²) in [6, 6.07) is 2.81. The average molecular weight is 325 g/mol. The Bertz CT molecular complexity index is 593. The van der Waals surface area contributed by atoms with Crippen LogP contribution in [-0.4, -0.2) is 22.0 Å². The van der Waals surface area contributed by atoms with Gasteiger partial charge in [-0.1, -0.05) is 15.9 Å². The Hall–Kier alpha value is -1.06. The molecule has 6 heteroatoms. The molecule has 0 aromatic carbocycles. The summed E-state index contributed by atoms with van der Waals surface area (Å²) in [7, 11) is 0.